The summed E-state index contributed by atoms with van der Waals surface area (Å²) < 4.78 is 5.03. The van der Waals surface area contributed by atoms with E-state index in [-0.39, 0.29) is 12.0 Å². The van der Waals surface area contributed by atoms with Crippen molar-refractivity contribution in [1.82, 2.24) is 4.90 Å². The number of likely N-dealkylation sites (tertiary alicyclic amines) is 1. The molecule has 1 heterocycles. The standard InChI is InChI=1S/C14H19NO3/c1-18-10-11-4-6-12(7-5-11)14(17)15-8-2-3-13(16)9-15/h4-7,13,16H,2-3,8-10H2,1H3. The Balaban J connectivity index is 2.03. The highest BCUT2D eigenvalue weighted by molar-refractivity contribution is 5.94. The number of piperidine rings is 1. The molecule has 1 fully saturated rings. The smallest absolute Gasteiger partial charge is 0.253 e. The minimum absolute atomic E-state index is 0.00211. The van der Waals surface area contributed by atoms with E-state index in [4.69, 9.17) is 4.74 Å². The van der Waals surface area contributed by atoms with E-state index in [0.29, 0.717) is 18.7 Å². The van der Waals surface area contributed by atoms with E-state index in [1.165, 1.54) is 0 Å². The fourth-order valence-electron chi connectivity index (χ4n) is 2.23. The normalized spacial score (nSPS) is 19.9. The Morgan fingerprint density at radius 3 is 2.78 bits per heavy atom. The summed E-state index contributed by atoms with van der Waals surface area (Å²) in [6.45, 7) is 1.73. The molecule has 1 N–H and O–H groups in total. The van der Waals surface area contributed by atoms with Crippen molar-refractivity contribution < 1.29 is 14.6 Å². The number of aliphatic hydroxyl groups is 1. The van der Waals surface area contributed by atoms with Crippen molar-refractivity contribution in [2.24, 2.45) is 0 Å². The van der Waals surface area contributed by atoms with Crippen LogP contribution in [0.15, 0.2) is 24.3 Å². The number of amides is 1. The zero-order valence-electron chi connectivity index (χ0n) is 10.6. The first-order valence-corrected chi connectivity index (χ1v) is 6.26. The van der Waals surface area contributed by atoms with Gasteiger partial charge in [0.05, 0.1) is 12.7 Å². The molecule has 0 radical (unpaired) electrons. The predicted octanol–water partition coefficient (Wildman–Crippen LogP) is 1.43. The average molecular weight is 249 g/mol. The van der Waals surface area contributed by atoms with Crippen LogP contribution in [0.5, 0.6) is 0 Å². The lowest BCUT2D eigenvalue weighted by molar-refractivity contribution is 0.0473. The number of nitrogens with zero attached hydrogens (tertiary/aromatic N) is 1. The quantitative estimate of drug-likeness (QED) is 0.881. The Hall–Kier alpha value is -1.39. The van der Waals surface area contributed by atoms with Crippen molar-refractivity contribution in [2.45, 2.75) is 25.6 Å². The van der Waals surface area contributed by atoms with Crippen LogP contribution in [-0.2, 0) is 11.3 Å². The van der Waals surface area contributed by atoms with Gasteiger partial charge in [-0.3, -0.25) is 4.79 Å². The van der Waals surface area contributed by atoms with Crippen molar-refractivity contribution in [3.05, 3.63) is 35.4 Å². The van der Waals surface area contributed by atoms with Gasteiger partial charge in [-0.05, 0) is 30.5 Å². The van der Waals surface area contributed by atoms with Gasteiger partial charge in [0.2, 0.25) is 0 Å². The Morgan fingerprint density at radius 2 is 2.17 bits per heavy atom. The molecule has 1 atom stereocenters. The number of carbonyl (C=O) groups excluding carboxylic acids is 1. The van der Waals surface area contributed by atoms with Gasteiger partial charge in [0, 0.05) is 25.8 Å². The SMILES string of the molecule is COCc1ccc(C(=O)N2CCCC(O)C2)cc1. The third kappa shape index (κ3) is 3.09. The number of β-amino-alcohol motifs (C(OH)–C–C–N with tert-alkyl or cyclic N) is 1. The summed E-state index contributed by atoms with van der Waals surface area (Å²) >= 11 is 0. The average Bonchev–Trinajstić information content (AvgIpc) is 2.39. The van der Waals surface area contributed by atoms with Gasteiger partial charge in [0.1, 0.15) is 0 Å². The second-order valence-electron chi connectivity index (χ2n) is 4.68. The molecule has 0 aliphatic carbocycles. The molecule has 18 heavy (non-hydrogen) atoms. The number of hydrogen-bond acceptors (Lipinski definition) is 3. The molecule has 0 aromatic heterocycles. The van der Waals surface area contributed by atoms with E-state index < -0.39 is 0 Å². The van der Waals surface area contributed by atoms with Gasteiger partial charge in [-0.1, -0.05) is 12.1 Å². The first-order valence-electron chi connectivity index (χ1n) is 6.26. The van der Waals surface area contributed by atoms with E-state index in [0.717, 1.165) is 24.9 Å². The van der Waals surface area contributed by atoms with Crippen LogP contribution in [0.1, 0.15) is 28.8 Å². The molecule has 0 spiro atoms. The number of methoxy groups -OCH3 is 1. The maximum Gasteiger partial charge on any atom is 0.253 e. The molecule has 0 bridgehead atoms. The van der Waals surface area contributed by atoms with Crippen molar-refractivity contribution >= 4 is 5.91 Å². The zero-order chi connectivity index (χ0) is 13.0. The summed E-state index contributed by atoms with van der Waals surface area (Å²) in [7, 11) is 1.65. The van der Waals surface area contributed by atoms with Crippen LogP contribution in [0.3, 0.4) is 0 Å². The van der Waals surface area contributed by atoms with Gasteiger partial charge in [0.25, 0.3) is 5.91 Å². The molecule has 1 aliphatic rings. The summed E-state index contributed by atoms with van der Waals surface area (Å²) in [6, 6.07) is 7.43. The van der Waals surface area contributed by atoms with Gasteiger partial charge in [-0.25, -0.2) is 0 Å². The molecule has 1 aliphatic heterocycles. The van der Waals surface area contributed by atoms with Crippen molar-refractivity contribution in [1.29, 1.82) is 0 Å². The number of carbonyl (C=O) groups is 1. The number of benzene rings is 1. The molecule has 98 valence electrons. The molecular weight excluding hydrogens is 230 g/mol. The van der Waals surface area contributed by atoms with Gasteiger partial charge in [-0.15, -0.1) is 0 Å². The van der Waals surface area contributed by atoms with Crippen molar-refractivity contribution in [2.75, 3.05) is 20.2 Å². The Labute approximate surface area is 107 Å². The molecular formula is C14H19NO3. The molecule has 0 saturated carbocycles. The number of aliphatic hydroxyl groups excluding tert-OH is 1. The lowest BCUT2D eigenvalue weighted by Crippen LogP contribution is -2.42. The summed E-state index contributed by atoms with van der Waals surface area (Å²) in [5.74, 6) is -0.00211. The number of ether oxygens (including phenoxy) is 1. The topological polar surface area (TPSA) is 49.8 Å². The van der Waals surface area contributed by atoms with Crippen LogP contribution in [0.4, 0.5) is 0 Å². The van der Waals surface area contributed by atoms with Gasteiger partial charge < -0.3 is 14.7 Å². The molecule has 1 aromatic rings. The monoisotopic (exact) mass is 249 g/mol. The number of rotatable bonds is 3. The highest BCUT2D eigenvalue weighted by Gasteiger charge is 2.22. The lowest BCUT2D eigenvalue weighted by Gasteiger charge is -2.30. The Kier molecular flexibility index (Phi) is 4.33. The lowest BCUT2D eigenvalue weighted by atomic mass is 10.1. The zero-order valence-corrected chi connectivity index (χ0v) is 10.6. The fraction of sp³-hybridized carbons (Fsp3) is 0.500. The van der Waals surface area contributed by atoms with Crippen LogP contribution >= 0.6 is 0 Å². The van der Waals surface area contributed by atoms with E-state index >= 15 is 0 Å². The minimum atomic E-state index is -0.379. The van der Waals surface area contributed by atoms with E-state index in [1.54, 1.807) is 12.0 Å². The molecule has 4 heteroatoms. The minimum Gasteiger partial charge on any atom is -0.391 e. The van der Waals surface area contributed by atoms with E-state index in [2.05, 4.69) is 0 Å². The largest absolute Gasteiger partial charge is 0.391 e. The molecule has 1 aromatic carbocycles. The van der Waals surface area contributed by atoms with Crippen LogP contribution in [0.25, 0.3) is 0 Å². The summed E-state index contributed by atoms with van der Waals surface area (Å²) in [5.41, 5.74) is 1.72. The maximum atomic E-state index is 12.2. The van der Waals surface area contributed by atoms with Crippen LogP contribution in [-0.4, -0.2) is 42.2 Å². The van der Waals surface area contributed by atoms with Crippen molar-refractivity contribution in [3.8, 4) is 0 Å². The predicted molar refractivity (Wildman–Crippen MR) is 68.3 cm³/mol. The van der Waals surface area contributed by atoms with Crippen LogP contribution in [0.2, 0.25) is 0 Å². The molecule has 1 saturated heterocycles. The number of hydrogen-bond donors (Lipinski definition) is 1. The van der Waals surface area contributed by atoms with E-state index in [9.17, 15) is 9.90 Å². The second kappa shape index (κ2) is 5.98. The second-order valence-corrected chi connectivity index (χ2v) is 4.68. The summed E-state index contributed by atoms with van der Waals surface area (Å²) in [5, 5.41) is 9.58. The van der Waals surface area contributed by atoms with E-state index in [1.807, 2.05) is 24.3 Å². The Bertz CT molecular complexity index is 402. The van der Waals surface area contributed by atoms with Crippen LogP contribution in [0, 0.1) is 0 Å². The highest BCUT2D eigenvalue weighted by Crippen LogP contribution is 2.14. The maximum absolute atomic E-state index is 12.2. The first-order chi connectivity index (χ1) is 8.70. The third-order valence-electron chi connectivity index (χ3n) is 3.20. The molecule has 2 rings (SSSR count). The highest BCUT2D eigenvalue weighted by atomic mass is 16.5. The van der Waals surface area contributed by atoms with Crippen LogP contribution < -0.4 is 0 Å². The molecule has 4 nitrogen and oxygen atoms in total. The van der Waals surface area contributed by atoms with Gasteiger partial charge in [-0.2, -0.15) is 0 Å². The summed E-state index contributed by atoms with van der Waals surface area (Å²) in [6.07, 6.45) is 1.28. The molecule has 1 amide bonds. The van der Waals surface area contributed by atoms with Crippen molar-refractivity contribution in [3.63, 3.8) is 0 Å². The summed E-state index contributed by atoms with van der Waals surface area (Å²) in [4.78, 5) is 13.9. The molecule has 1 unspecified atom stereocenters. The van der Waals surface area contributed by atoms with Gasteiger partial charge in [0.15, 0.2) is 0 Å². The first kappa shape index (κ1) is 13.1. The third-order valence-corrected chi connectivity index (χ3v) is 3.20. The Morgan fingerprint density at radius 1 is 1.44 bits per heavy atom. The fourth-order valence-corrected chi connectivity index (χ4v) is 2.23. The van der Waals surface area contributed by atoms with Gasteiger partial charge >= 0.3 is 0 Å².